The molecule has 6 atom stereocenters. The first-order valence-corrected chi connectivity index (χ1v) is 40.9. The Labute approximate surface area is 676 Å². The van der Waals surface area contributed by atoms with Gasteiger partial charge in [0.2, 0.25) is 5.91 Å². The molecule has 0 aliphatic heterocycles. The Morgan fingerprint density at radius 1 is 0.450 bits per heavy atom. The maximum absolute atomic E-state index is 12.4. The molecule has 30 nitrogen and oxygen atoms in total. The summed E-state index contributed by atoms with van der Waals surface area (Å²) in [6.07, 6.45) is 37.8. The topological polar surface area (TPSA) is 384 Å². The summed E-state index contributed by atoms with van der Waals surface area (Å²) >= 11 is 14.1. The molecule has 12 aromatic heterocycles. The van der Waals surface area contributed by atoms with Crippen LogP contribution in [0.3, 0.4) is 0 Å². The summed E-state index contributed by atoms with van der Waals surface area (Å²) in [6, 6.07) is 24.6. The minimum absolute atomic E-state index is 0.000574. The number of aromatic nitrogens is 16. The number of primary amides is 1. The molecule has 0 aromatic carbocycles. The zero-order valence-electron chi connectivity index (χ0n) is 61.5. The number of pyridine rings is 4. The van der Waals surface area contributed by atoms with Crippen LogP contribution in [0.25, 0.3) is 22.6 Å². The number of ether oxygens (including phenoxy) is 1. The van der Waals surface area contributed by atoms with Gasteiger partial charge in [-0.1, -0.05) is 62.8 Å². The number of amides is 1. The van der Waals surface area contributed by atoms with Gasteiger partial charge in [-0.2, -0.15) is 38.5 Å². The number of nitrogens with one attached hydrogen (secondary N) is 8. The summed E-state index contributed by atoms with van der Waals surface area (Å²) in [6.45, 7) is 4.99. The van der Waals surface area contributed by atoms with Crippen LogP contribution >= 0.6 is 63.7 Å². The van der Waals surface area contributed by atoms with Gasteiger partial charge in [0.25, 0.3) is 0 Å². The van der Waals surface area contributed by atoms with Gasteiger partial charge in [0, 0.05) is 143 Å². The first kappa shape index (κ1) is 79.3. The molecular formula is C77H92Br4N26O4. The summed E-state index contributed by atoms with van der Waals surface area (Å²) in [7, 11) is 0. The van der Waals surface area contributed by atoms with Gasteiger partial charge in [0.05, 0.1) is 61.1 Å². The van der Waals surface area contributed by atoms with E-state index in [0.717, 1.165) is 176 Å². The zero-order chi connectivity index (χ0) is 77.0. The van der Waals surface area contributed by atoms with Crippen molar-refractivity contribution in [3.8, 4) is 0 Å². The van der Waals surface area contributed by atoms with E-state index in [2.05, 4.69) is 152 Å². The molecule has 4 aliphatic carbocycles. The summed E-state index contributed by atoms with van der Waals surface area (Å²) in [5, 5.41) is 55.0. The normalized spacial score (nSPS) is 19.6. The van der Waals surface area contributed by atoms with Gasteiger partial charge in [-0.15, -0.1) is 0 Å². The highest BCUT2D eigenvalue weighted by molar-refractivity contribution is 9.11. The van der Waals surface area contributed by atoms with Gasteiger partial charge < -0.3 is 63.8 Å². The Kier molecular flexibility index (Phi) is 27.8. The maximum Gasteiger partial charge on any atom is 0.311 e. The largest absolute Gasteiger partial charge is 0.466 e. The van der Waals surface area contributed by atoms with Gasteiger partial charge >= 0.3 is 5.97 Å². The molecule has 582 valence electrons. The van der Waals surface area contributed by atoms with E-state index in [0.29, 0.717) is 67.8 Å². The van der Waals surface area contributed by atoms with Crippen LogP contribution in [0.1, 0.15) is 132 Å². The van der Waals surface area contributed by atoms with Crippen LogP contribution in [-0.2, 0) is 40.5 Å². The number of halogens is 4. The van der Waals surface area contributed by atoms with E-state index in [4.69, 9.17) is 31.2 Å². The average Bonchev–Trinajstić information content (AvgIpc) is 1.69. The maximum atomic E-state index is 12.4. The van der Waals surface area contributed by atoms with Gasteiger partial charge in [0.1, 0.15) is 46.5 Å². The average molecular weight is 1770 g/mol. The summed E-state index contributed by atoms with van der Waals surface area (Å²) in [4.78, 5) is 59.7. The highest BCUT2D eigenvalue weighted by Crippen LogP contribution is 2.35. The van der Waals surface area contributed by atoms with Gasteiger partial charge in [0.15, 0.2) is 22.6 Å². The fraction of sp³-hybridized carbons (Fsp3) is 0.403. The predicted octanol–water partition coefficient (Wildman–Crippen LogP) is 13.6. The number of esters is 1. The molecule has 111 heavy (non-hydrogen) atoms. The van der Waals surface area contributed by atoms with E-state index in [1.165, 1.54) is 12.8 Å². The molecule has 16 rings (SSSR count). The molecule has 12 heterocycles. The second-order valence-corrected chi connectivity index (χ2v) is 31.5. The minimum Gasteiger partial charge on any atom is -0.466 e. The number of nitrogens with two attached hydrogens (primary N) is 2. The first-order chi connectivity index (χ1) is 54.2. The van der Waals surface area contributed by atoms with Crippen LogP contribution in [0.2, 0.25) is 0 Å². The van der Waals surface area contributed by atoms with Crippen molar-refractivity contribution in [2.75, 3.05) is 55.7 Å². The van der Waals surface area contributed by atoms with E-state index >= 15 is 0 Å². The third kappa shape index (κ3) is 21.1. The standard InChI is InChI=1S/C21H25BrN6O2.C19H22BrN7O.C19H23BrN6O.C18H22BrN7/c1-2-30-21(29)15-7-3-4-8-17(15)26-18-10-19(24-12-14-6-5-9-23-11-14)28-20(27-18)16(22)13-25-28;20-14-11-24-27-17(23-10-12-4-3-7-22-9-12)8-16(26-19(14)27)25-15-6-2-1-5-13(15)18(21)28;20-15-11-23-26-18(22-10-13-4-3-7-21-9-13)8-17(25-19(15)26)24-16-6-2-1-5-14(16)12-27;19-15-11-23-26-17(22-10-12-2-1-7-21-9-12)8-16(25-18(15)26)24-14-5-3-13(20)4-6-14/h5-6,9-11,13,15,17,24H,2-4,7-8,12H2,1H3,(H,26,27);3-4,7-9,11,13,15,23H,1-2,5-6,10H2,(H2,21,28)(H,25,26);3-4,7-9,11,14,16,22,27H,1-2,5-6,10,12H2,(H,24,25);1-2,7-9,11,13-14,22H,3-6,10,20H2,(H,24,25)/t15-,17+;13-,15+;14-,16+;/m000./s1. The molecule has 1 amide bonds. The van der Waals surface area contributed by atoms with Crippen molar-refractivity contribution in [2.45, 2.75) is 166 Å². The van der Waals surface area contributed by atoms with Crippen molar-refractivity contribution in [3.05, 3.63) is 187 Å². The molecule has 0 spiro atoms. The van der Waals surface area contributed by atoms with Crippen LogP contribution in [0, 0.1) is 17.8 Å². The lowest BCUT2D eigenvalue weighted by Crippen LogP contribution is -2.40. The van der Waals surface area contributed by atoms with E-state index in [-0.39, 0.29) is 54.4 Å². The number of aliphatic hydroxyl groups excluding tert-OH is 1. The predicted molar refractivity (Wildman–Crippen MR) is 444 cm³/mol. The lowest BCUT2D eigenvalue weighted by Gasteiger charge is -2.31. The number of anilines is 8. The Bertz CT molecular complexity index is 5000. The monoisotopic (exact) mass is 1760 g/mol. The van der Waals surface area contributed by atoms with E-state index in [1.54, 1.807) is 63.1 Å². The molecular weight excluding hydrogens is 1670 g/mol. The number of carbonyl (C=O) groups excluding carboxylic acids is 2. The number of nitrogens with zero attached hydrogens (tertiary/aromatic N) is 16. The molecule has 0 saturated heterocycles. The number of rotatable bonds is 24. The quantitative estimate of drug-likeness (QED) is 0.0250. The molecule has 34 heteroatoms. The Morgan fingerprint density at radius 2 is 0.784 bits per heavy atom. The summed E-state index contributed by atoms with van der Waals surface area (Å²) in [5.74, 6) is 5.97. The summed E-state index contributed by atoms with van der Waals surface area (Å²) in [5.41, 5.74) is 18.9. The van der Waals surface area contributed by atoms with Gasteiger partial charge in [-0.25, -0.2) is 19.9 Å². The number of fused-ring (bicyclic) bond motifs is 4. The number of carbonyl (C=O) groups is 2. The van der Waals surface area contributed by atoms with Crippen molar-refractivity contribution in [2.24, 2.45) is 29.2 Å². The second-order valence-electron chi connectivity index (χ2n) is 28.0. The Balaban J connectivity index is 0.000000130. The fourth-order valence-corrected chi connectivity index (χ4v) is 15.9. The fourth-order valence-electron chi connectivity index (χ4n) is 14.5. The van der Waals surface area contributed by atoms with E-state index in [1.807, 2.05) is 109 Å². The second kappa shape index (κ2) is 38.9. The smallest absolute Gasteiger partial charge is 0.311 e. The lowest BCUT2D eigenvalue weighted by molar-refractivity contribution is -0.149. The van der Waals surface area contributed by atoms with Crippen molar-refractivity contribution in [1.29, 1.82) is 0 Å². The number of hydrogen-bond donors (Lipinski definition) is 11. The highest BCUT2D eigenvalue weighted by Gasteiger charge is 2.34. The first-order valence-electron chi connectivity index (χ1n) is 37.8. The van der Waals surface area contributed by atoms with Crippen molar-refractivity contribution in [1.82, 2.24) is 78.3 Å². The number of hydrogen-bond acceptors (Lipinski definition) is 25. The molecule has 4 saturated carbocycles. The SMILES string of the molecule is CCOC(=O)[C@H]1CCCC[C@H]1Nc1cc(NCc2cccnc2)n2ncc(Br)c2n1.NC(=O)[C@H]1CCCC[C@H]1Nc1cc(NCc2cccnc2)n2ncc(Br)c2n1.NC1CCC(Nc2cc(NCc3cccnc3)n3ncc(Br)c3n2)CC1.OC[C@@H]1CCCC[C@H]1Nc1cc(NCc2cccnc2)n2ncc(Br)c2n1. The lowest BCUT2D eigenvalue weighted by atomic mass is 9.84. The number of aliphatic hydroxyl groups is 1. The van der Waals surface area contributed by atoms with E-state index in [9.17, 15) is 14.7 Å². The highest BCUT2D eigenvalue weighted by atomic mass is 79.9. The van der Waals surface area contributed by atoms with Crippen LogP contribution in [-0.4, -0.2) is 139 Å². The van der Waals surface area contributed by atoms with Crippen LogP contribution < -0.4 is 54.0 Å². The van der Waals surface area contributed by atoms with Crippen molar-refractivity contribution in [3.63, 3.8) is 0 Å². The molecule has 0 unspecified atom stereocenters. The van der Waals surface area contributed by atoms with Crippen molar-refractivity contribution >= 4 is 145 Å². The van der Waals surface area contributed by atoms with Crippen LogP contribution in [0.4, 0.5) is 46.5 Å². The Hall–Kier alpha value is -9.74. The minimum atomic E-state index is -0.251. The molecule has 12 aromatic rings. The van der Waals surface area contributed by atoms with E-state index < -0.39 is 0 Å². The summed E-state index contributed by atoms with van der Waals surface area (Å²) < 4.78 is 15.7. The molecule has 13 N–H and O–H groups in total. The third-order valence-electron chi connectivity index (χ3n) is 20.3. The van der Waals surface area contributed by atoms with Crippen molar-refractivity contribution < 1.29 is 19.4 Å². The molecule has 0 radical (unpaired) electrons. The third-order valence-corrected chi connectivity index (χ3v) is 22.5. The zero-order valence-corrected chi connectivity index (χ0v) is 67.9. The van der Waals surface area contributed by atoms with Crippen LogP contribution in [0.15, 0.2) is 165 Å². The molecule has 4 aliphatic rings. The Morgan fingerprint density at radius 3 is 1.14 bits per heavy atom. The van der Waals surface area contributed by atoms with Crippen LogP contribution in [0.5, 0.6) is 0 Å². The van der Waals surface area contributed by atoms with Gasteiger partial charge in [-0.3, -0.25) is 29.5 Å². The molecule has 0 bridgehead atoms. The molecule has 4 fully saturated rings. The van der Waals surface area contributed by atoms with Gasteiger partial charge in [-0.05, 0) is 181 Å².